The summed E-state index contributed by atoms with van der Waals surface area (Å²) in [7, 11) is 0. The van der Waals surface area contributed by atoms with E-state index < -0.39 is 0 Å². The molecule has 29 heavy (non-hydrogen) atoms. The molecule has 6 nitrogen and oxygen atoms in total. The summed E-state index contributed by atoms with van der Waals surface area (Å²) in [5.74, 6) is 0.889. The molecule has 0 unspecified atom stereocenters. The van der Waals surface area contributed by atoms with Crippen LogP contribution in [-0.2, 0) is 10.2 Å². The average molecular weight is 399 g/mol. The monoisotopic (exact) mass is 398 g/mol. The van der Waals surface area contributed by atoms with Crippen molar-refractivity contribution in [2.45, 2.75) is 33.1 Å². The van der Waals surface area contributed by atoms with E-state index in [1.807, 2.05) is 31.2 Å². The van der Waals surface area contributed by atoms with E-state index in [1.165, 1.54) is 5.56 Å². The first-order chi connectivity index (χ1) is 13.8. The minimum absolute atomic E-state index is 0.0909. The third-order valence-electron chi connectivity index (χ3n) is 4.25. The molecule has 0 fully saturated rings. The maximum Gasteiger partial charge on any atom is 0.251 e. The average Bonchev–Trinajstić information content (AvgIpc) is 2.70. The third kappa shape index (κ3) is 7.49. The van der Waals surface area contributed by atoms with Gasteiger partial charge >= 0.3 is 0 Å². The molecule has 0 aliphatic rings. The number of hydrogen-bond acceptors (Lipinski definition) is 4. The predicted octanol–water partition coefficient (Wildman–Crippen LogP) is 3.31. The van der Waals surface area contributed by atoms with Gasteiger partial charge in [-0.15, -0.1) is 0 Å². The minimum atomic E-state index is -0.307. The molecule has 0 saturated heterocycles. The lowest BCUT2D eigenvalue weighted by Crippen LogP contribution is -2.38. The van der Waals surface area contributed by atoms with Crippen LogP contribution in [0.4, 0.5) is 0 Å². The van der Waals surface area contributed by atoms with Crippen molar-refractivity contribution in [2.24, 2.45) is 0 Å². The van der Waals surface area contributed by atoms with Gasteiger partial charge in [0.25, 0.3) is 5.91 Å². The Morgan fingerprint density at radius 1 is 0.862 bits per heavy atom. The fourth-order valence-corrected chi connectivity index (χ4v) is 2.60. The van der Waals surface area contributed by atoms with Gasteiger partial charge in [0, 0.05) is 5.56 Å². The lowest BCUT2D eigenvalue weighted by Gasteiger charge is -2.19. The van der Waals surface area contributed by atoms with E-state index in [-0.39, 0.29) is 23.8 Å². The van der Waals surface area contributed by atoms with E-state index in [0.717, 1.165) is 5.75 Å². The molecular weight excluding hydrogens is 368 g/mol. The first-order valence-electron chi connectivity index (χ1n) is 9.80. The van der Waals surface area contributed by atoms with Gasteiger partial charge in [0.2, 0.25) is 5.91 Å². The highest BCUT2D eigenvalue weighted by Gasteiger charge is 2.13. The summed E-state index contributed by atoms with van der Waals surface area (Å²) in [6.45, 7) is 9.57. The number of carbonyl (C=O) groups is 2. The number of benzene rings is 2. The van der Waals surface area contributed by atoms with Gasteiger partial charge in [-0.2, -0.15) is 0 Å². The predicted molar refractivity (Wildman–Crippen MR) is 114 cm³/mol. The van der Waals surface area contributed by atoms with Gasteiger partial charge in [-0.1, -0.05) is 32.9 Å². The Hall–Kier alpha value is -3.02. The molecule has 2 amide bonds. The van der Waals surface area contributed by atoms with E-state index in [4.69, 9.17) is 9.47 Å². The van der Waals surface area contributed by atoms with Crippen LogP contribution in [-0.4, -0.2) is 38.1 Å². The van der Waals surface area contributed by atoms with Crippen LogP contribution in [0.1, 0.15) is 43.6 Å². The third-order valence-corrected chi connectivity index (χ3v) is 4.25. The van der Waals surface area contributed by atoms with Gasteiger partial charge in [-0.3, -0.25) is 9.59 Å². The first-order valence-corrected chi connectivity index (χ1v) is 9.80. The Balaban J connectivity index is 1.66. The summed E-state index contributed by atoms with van der Waals surface area (Å²) in [6.07, 6.45) is 0. The van der Waals surface area contributed by atoms with Gasteiger partial charge in [0.05, 0.1) is 19.7 Å². The zero-order chi connectivity index (χ0) is 21.3. The van der Waals surface area contributed by atoms with Crippen molar-refractivity contribution in [3.63, 3.8) is 0 Å². The van der Waals surface area contributed by atoms with Crippen molar-refractivity contribution in [2.75, 3.05) is 26.3 Å². The van der Waals surface area contributed by atoms with E-state index in [2.05, 4.69) is 31.4 Å². The Bertz CT molecular complexity index is 793. The molecule has 0 aliphatic carbocycles. The summed E-state index contributed by atoms with van der Waals surface area (Å²) in [6, 6.07) is 14.7. The van der Waals surface area contributed by atoms with Crippen molar-refractivity contribution in [1.82, 2.24) is 10.6 Å². The zero-order valence-corrected chi connectivity index (χ0v) is 17.6. The standard InChI is InChI=1S/C23H30N2O4/c1-5-28-19-10-6-17(7-11-19)22(27)25-16-21(26)24-14-15-29-20-12-8-18(9-13-20)23(2,3)4/h6-13H,5,14-16H2,1-4H3,(H,24,26)(H,25,27). The van der Waals surface area contributed by atoms with E-state index >= 15 is 0 Å². The molecule has 2 rings (SSSR count). The number of rotatable bonds is 9. The quantitative estimate of drug-likeness (QED) is 0.636. The number of hydrogen-bond donors (Lipinski definition) is 2. The maximum absolute atomic E-state index is 12.1. The number of amides is 2. The fraction of sp³-hybridized carbons (Fsp3) is 0.391. The molecule has 2 aromatic carbocycles. The van der Waals surface area contributed by atoms with Crippen molar-refractivity contribution in [3.8, 4) is 11.5 Å². The molecule has 0 atom stereocenters. The molecule has 0 bridgehead atoms. The Morgan fingerprint density at radius 3 is 2.03 bits per heavy atom. The van der Waals surface area contributed by atoms with Crippen LogP contribution in [0.3, 0.4) is 0 Å². The van der Waals surface area contributed by atoms with E-state index in [0.29, 0.717) is 31.1 Å². The van der Waals surface area contributed by atoms with Gasteiger partial charge < -0.3 is 20.1 Å². The number of nitrogens with one attached hydrogen (secondary N) is 2. The van der Waals surface area contributed by atoms with E-state index in [9.17, 15) is 9.59 Å². The highest BCUT2D eigenvalue weighted by atomic mass is 16.5. The van der Waals surface area contributed by atoms with Crippen LogP contribution in [0.25, 0.3) is 0 Å². The molecule has 2 N–H and O–H groups in total. The summed E-state index contributed by atoms with van der Waals surface area (Å²) >= 11 is 0. The van der Waals surface area contributed by atoms with Crippen LogP contribution >= 0.6 is 0 Å². The molecular formula is C23H30N2O4. The molecule has 0 heterocycles. The molecule has 2 aromatic rings. The molecule has 0 spiro atoms. The summed E-state index contributed by atoms with van der Waals surface area (Å²) in [5.41, 5.74) is 1.81. The van der Waals surface area contributed by atoms with Gasteiger partial charge in [0.15, 0.2) is 0 Å². The Morgan fingerprint density at radius 2 is 1.45 bits per heavy atom. The fourth-order valence-electron chi connectivity index (χ4n) is 2.60. The van der Waals surface area contributed by atoms with Crippen LogP contribution in [0.5, 0.6) is 11.5 Å². The van der Waals surface area contributed by atoms with Crippen molar-refractivity contribution in [3.05, 3.63) is 59.7 Å². The van der Waals surface area contributed by atoms with Crippen LogP contribution in [0, 0.1) is 0 Å². The van der Waals surface area contributed by atoms with Crippen molar-refractivity contribution in [1.29, 1.82) is 0 Å². The highest BCUT2D eigenvalue weighted by Crippen LogP contribution is 2.24. The van der Waals surface area contributed by atoms with Gasteiger partial charge in [0.1, 0.15) is 18.1 Å². The number of ether oxygens (including phenoxy) is 2. The molecule has 156 valence electrons. The van der Waals surface area contributed by atoms with Crippen molar-refractivity contribution < 1.29 is 19.1 Å². The highest BCUT2D eigenvalue weighted by molar-refractivity contribution is 5.96. The Labute approximate surface area is 172 Å². The normalized spacial score (nSPS) is 10.9. The molecule has 0 aliphatic heterocycles. The lowest BCUT2D eigenvalue weighted by molar-refractivity contribution is -0.120. The molecule has 0 saturated carbocycles. The molecule has 6 heteroatoms. The molecule has 0 radical (unpaired) electrons. The lowest BCUT2D eigenvalue weighted by atomic mass is 9.87. The topological polar surface area (TPSA) is 76.7 Å². The summed E-state index contributed by atoms with van der Waals surface area (Å²) in [4.78, 5) is 24.0. The largest absolute Gasteiger partial charge is 0.494 e. The van der Waals surface area contributed by atoms with E-state index in [1.54, 1.807) is 24.3 Å². The summed E-state index contributed by atoms with van der Waals surface area (Å²) < 4.78 is 11.0. The SMILES string of the molecule is CCOc1ccc(C(=O)NCC(=O)NCCOc2ccc(C(C)(C)C)cc2)cc1. The Kier molecular flexibility index (Phi) is 8.07. The minimum Gasteiger partial charge on any atom is -0.494 e. The van der Waals surface area contributed by atoms with Crippen LogP contribution < -0.4 is 20.1 Å². The number of carbonyl (C=O) groups excluding carboxylic acids is 2. The van der Waals surface area contributed by atoms with Crippen LogP contribution in [0.15, 0.2) is 48.5 Å². The van der Waals surface area contributed by atoms with Crippen LogP contribution in [0.2, 0.25) is 0 Å². The van der Waals surface area contributed by atoms with Crippen molar-refractivity contribution >= 4 is 11.8 Å². The first kappa shape index (κ1) is 22.3. The molecule has 0 aromatic heterocycles. The maximum atomic E-state index is 12.1. The second kappa shape index (κ2) is 10.5. The second-order valence-electron chi connectivity index (χ2n) is 7.61. The second-order valence-corrected chi connectivity index (χ2v) is 7.61. The van der Waals surface area contributed by atoms with Gasteiger partial charge in [-0.05, 0) is 54.3 Å². The summed E-state index contributed by atoms with van der Waals surface area (Å²) in [5, 5.41) is 5.32. The smallest absolute Gasteiger partial charge is 0.251 e. The zero-order valence-electron chi connectivity index (χ0n) is 17.6. The van der Waals surface area contributed by atoms with Gasteiger partial charge in [-0.25, -0.2) is 0 Å².